The Hall–Kier alpha value is -1.05. The molecule has 0 spiro atoms. The maximum atomic E-state index is 5.50. The van der Waals surface area contributed by atoms with Crippen molar-refractivity contribution >= 4 is 5.69 Å². The molecule has 0 bridgehead atoms. The van der Waals surface area contributed by atoms with Gasteiger partial charge in [-0.2, -0.15) is 0 Å². The molecule has 1 aromatic rings. The molecule has 0 aliphatic carbocycles. The minimum Gasteiger partial charge on any atom is -0.394 e. The van der Waals surface area contributed by atoms with Crippen LogP contribution in [0.2, 0.25) is 0 Å². The van der Waals surface area contributed by atoms with Gasteiger partial charge in [0.2, 0.25) is 0 Å². The molecule has 0 radical (unpaired) electrons. The molecule has 0 aliphatic rings. The predicted molar refractivity (Wildman–Crippen MR) is 41.5 cm³/mol. The van der Waals surface area contributed by atoms with Crippen molar-refractivity contribution in [1.29, 1.82) is 0 Å². The zero-order valence-corrected chi connectivity index (χ0v) is 6.39. The topological polar surface area (TPSA) is 40.2 Å². The van der Waals surface area contributed by atoms with Gasteiger partial charge in [-0.25, -0.2) is 4.98 Å². The maximum Gasteiger partial charge on any atom is 0.190 e. The molecule has 0 saturated heterocycles. The highest BCUT2D eigenvalue weighted by Crippen LogP contribution is 2.07. The van der Waals surface area contributed by atoms with Gasteiger partial charge in [-0.05, 0) is 6.07 Å². The quantitative estimate of drug-likeness (QED) is 0.621. The summed E-state index contributed by atoms with van der Waals surface area (Å²) >= 11 is 0. The van der Waals surface area contributed by atoms with Crippen LogP contribution in [-0.2, 0) is 0 Å². The number of aromatic amines is 1. The van der Waals surface area contributed by atoms with E-state index < -0.39 is 0 Å². The smallest absolute Gasteiger partial charge is 0.190 e. The van der Waals surface area contributed by atoms with E-state index in [1.807, 2.05) is 18.3 Å². The molecule has 2 heteroatoms. The second-order valence-corrected chi connectivity index (χ2v) is 2.73. The first kappa shape index (κ1) is 7.06. The van der Waals surface area contributed by atoms with Crippen molar-refractivity contribution in [3.8, 4) is 0 Å². The number of anilines is 1. The van der Waals surface area contributed by atoms with Crippen LogP contribution < -0.4 is 10.7 Å². The van der Waals surface area contributed by atoms with Gasteiger partial charge in [-0.1, -0.05) is 13.8 Å². The Morgan fingerprint density at radius 2 is 2.10 bits per heavy atom. The number of nitrogen functional groups attached to an aromatic ring is 1. The molecule has 0 aliphatic heterocycles. The third kappa shape index (κ3) is 1.47. The van der Waals surface area contributed by atoms with E-state index in [2.05, 4.69) is 18.8 Å². The number of nitrogens with two attached hydrogens (primary N) is 1. The lowest BCUT2D eigenvalue weighted by Crippen LogP contribution is -2.12. The molecule has 1 heterocycles. The van der Waals surface area contributed by atoms with E-state index >= 15 is 0 Å². The Bertz CT molecular complexity index is 201. The van der Waals surface area contributed by atoms with Gasteiger partial charge in [-0.15, -0.1) is 0 Å². The summed E-state index contributed by atoms with van der Waals surface area (Å²) in [6, 6.07) is 3.92. The summed E-state index contributed by atoms with van der Waals surface area (Å²) in [5, 5.41) is 0. The van der Waals surface area contributed by atoms with Gasteiger partial charge in [0.15, 0.2) is 11.9 Å². The van der Waals surface area contributed by atoms with Gasteiger partial charge < -0.3 is 5.73 Å². The standard InChI is InChI=1S/C8H12N2/c1-6(2)8-4-3-7(9)5-10-8/h3-6H,9H2,1-2H3/p+1. The second-order valence-electron chi connectivity index (χ2n) is 2.73. The van der Waals surface area contributed by atoms with Crippen LogP contribution in [0.3, 0.4) is 0 Å². The summed E-state index contributed by atoms with van der Waals surface area (Å²) in [6.45, 7) is 4.28. The molecule has 0 fully saturated rings. The summed E-state index contributed by atoms with van der Waals surface area (Å²) in [5.74, 6) is 0.542. The monoisotopic (exact) mass is 137 g/mol. The molecule has 10 heavy (non-hydrogen) atoms. The summed E-state index contributed by atoms with van der Waals surface area (Å²) in [5.41, 5.74) is 7.49. The van der Waals surface area contributed by atoms with Crippen molar-refractivity contribution in [3.05, 3.63) is 24.0 Å². The van der Waals surface area contributed by atoms with E-state index in [-0.39, 0.29) is 0 Å². The first-order chi connectivity index (χ1) is 4.70. The van der Waals surface area contributed by atoms with Gasteiger partial charge in [0.05, 0.1) is 5.69 Å². The van der Waals surface area contributed by atoms with Crippen LogP contribution in [0.4, 0.5) is 5.69 Å². The van der Waals surface area contributed by atoms with Gasteiger partial charge in [-0.3, -0.25) is 0 Å². The van der Waals surface area contributed by atoms with Crippen LogP contribution in [-0.4, -0.2) is 0 Å². The number of hydrogen-bond acceptors (Lipinski definition) is 1. The molecule has 2 nitrogen and oxygen atoms in total. The van der Waals surface area contributed by atoms with Crippen molar-refractivity contribution in [2.75, 3.05) is 5.73 Å². The SMILES string of the molecule is CC(C)c1ccc(N)c[nH+]1. The number of pyridine rings is 1. The highest BCUT2D eigenvalue weighted by atomic mass is 14.7. The van der Waals surface area contributed by atoms with Crippen LogP contribution in [0, 0.1) is 0 Å². The van der Waals surface area contributed by atoms with Gasteiger partial charge in [0.25, 0.3) is 0 Å². The number of aromatic nitrogens is 1. The van der Waals surface area contributed by atoms with Crippen molar-refractivity contribution in [3.63, 3.8) is 0 Å². The predicted octanol–water partition coefficient (Wildman–Crippen LogP) is 1.21. The zero-order valence-electron chi connectivity index (χ0n) is 6.39. The van der Waals surface area contributed by atoms with E-state index in [1.54, 1.807) is 0 Å². The van der Waals surface area contributed by atoms with Gasteiger partial charge >= 0.3 is 0 Å². The molecule has 1 aromatic heterocycles. The molecule has 54 valence electrons. The minimum absolute atomic E-state index is 0.542. The Labute approximate surface area is 61.1 Å². The lowest BCUT2D eigenvalue weighted by molar-refractivity contribution is -0.391. The largest absolute Gasteiger partial charge is 0.394 e. The van der Waals surface area contributed by atoms with Gasteiger partial charge in [0.1, 0.15) is 0 Å². The zero-order chi connectivity index (χ0) is 7.56. The van der Waals surface area contributed by atoms with Crippen LogP contribution in [0.5, 0.6) is 0 Å². The fourth-order valence-electron chi connectivity index (χ4n) is 0.808. The van der Waals surface area contributed by atoms with E-state index in [9.17, 15) is 0 Å². The average molecular weight is 137 g/mol. The van der Waals surface area contributed by atoms with E-state index in [4.69, 9.17) is 5.73 Å². The van der Waals surface area contributed by atoms with E-state index in [0.29, 0.717) is 5.92 Å². The van der Waals surface area contributed by atoms with E-state index in [1.165, 1.54) is 5.69 Å². The molecule has 0 saturated carbocycles. The van der Waals surface area contributed by atoms with Crippen molar-refractivity contribution in [2.24, 2.45) is 0 Å². The Balaban J connectivity index is 2.89. The van der Waals surface area contributed by atoms with Crippen LogP contribution in [0.1, 0.15) is 25.5 Å². The van der Waals surface area contributed by atoms with Crippen molar-refractivity contribution < 1.29 is 4.98 Å². The van der Waals surface area contributed by atoms with E-state index in [0.717, 1.165) is 5.69 Å². The fraction of sp³-hybridized carbons (Fsp3) is 0.375. The molecular formula is C8H13N2+. The summed E-state index contributed by atoms with van der Waals surface area (Å²) in [7, 11) is 0. The molecule has 0 atom stereocenters. The third-order valence-corrected chi connectivity index (χ3v) is 1.48. The molecule has 3 N–H and O–H groups in total. The molecule has 0 amide bonds. The van der Waals surface area contributed by atoms with Crippen LogP contribution in [0.15, 0.2) is 18.3 Å². The highest BCUT2D eigenvalue weighted by molar-refractivity contribution is 5.31. The van der Waals surface area contributed by atoms with Crippen LogP contribution in [0.25, 0.3) is 0 Å². The fourth-order valence-corrected chi connectivity index (χ4v) is 0.808. The number of nitrogens with one attached hydrogen (secondary N) is 1. The van der Waals surface area contributed by atoms with Gasteiger partial charge in [0, 0.05) is 12.0 Å². The lowest BCUT2D eigenvalue weighted by Gasteiger charge is -1.95. The minimum atomic E-state index is 0.542. The molecule has 0 aromatic carbocycles. The van der Waals surface area contributed by atoms with Crippen LogP contribution >= 0.6 is 0 Å². The third-order valence-electron chi connectivity index (χ3n) is 1.48. The first-order valence-corrected chi connectivity index (χ1v) is 3.47. The molecule has 0 unspecified atom stereocenters. The summed E-state index contributed by atoms with van der Waals surface area (Å²) in [6.07, 6.45) is 1.81. The Morgan fingerprint density at radius 3 is 2.50 bits per heavy atom. The number of rotatable bonds is 1. The first-order valence-electron chi connectivity index (χ1n) is 3.47. The molecule has 1 rings (SSSR count). The Morgan fingerprint density at radius 1 is 1.40 bits per heavy atom. The summed E-state index contributed by atoms with van der Waals surface area (Å²) < 4.78 is 0. The number of H-pyrrole nitrogens is 1. The summed E-state index contributed by atoms with van der Waals surface area (Å²) in [4.78, 5) is 3.11. The lowest BCUT2D eigenvalue weighted by atomic mass is 10.1. The highest BCUT2D eigenvalue weighted by Gasteiger charge is 2.04. The Kier molecular flexibility index (Phi) is 1.90. The number of hydrogen-bond donors (Lipinski definition) is 1. The maximum absolute atomic E-state index is 5.50. The second kappa shape index (κ2) is 2.69. The normalized spacial score (nSPS) is 10.3. The van der Waals surface area contributed by atoms with Crippen molar-refractivity contribution in [1.82, 2.24) is 0 Å². The van der Waals surface area contributed by atoms with Crippen molar-refractivity contribution in [2.45, 2.75) is 19.8 Å². The average Bonchev–Trinajstić information content (AvgIpc) is 1.88. The molecular weight excluding hydrogens is 124 g/mol.